The molecule has 2 aliphatic rings. The minimum absolute atomic E-state index is 0.565. The fourth-order valence-electron chi connectivity index (χ4n) is 10.5. The lowest BCUT2D eigenvalue weighted by molar-refractivity contribution is 0.437. The second-order valence-electron chi connectivity index (χ2n) is 16.2. The molecular formula is C58H36N2O. The number of rotatable bonds is 4. The normalized spacial score (nSPS) is 13.2. The molecule has 0 atom stereocenters. The molecule has 2 aromatic heterocycles. The molecule has 1 aliphatic heterocycles. The van der Waals surface area contributed by atoms with Crippen LogP contribution in [0.1, 0.15) is 22.3 Å². The van der Waals surface area contributed by atoms with Gasteiger partial charge in [-0.1, -0.05) is 176 Å². The topological polar surface area (TPSA) is 27.1 Å². The Balaban J connectivity index is 1.08. The first-order valence-corrected chi connectivity index (χ1v) is 21.0. The van der Waals surface area contributed by atoms with Crippen molar-refractivity contribution in [2.75, 3.05) is 0 Å². The van der Waals surface area contributed by atoms with Crippen molar-refractivity contribution in [3.05, 3.63) is 241 Å². The molecule has 3 heterocycles. The molecule has 0 saturated carbocycles. The van der Waals surface area contributed by atoms with E-state index < -0.39 is 5.41 Å². The van der Waals surface area contributed by atoms with E-state index in [9.17, 15) is 0 Å². The Bertz CT molecular complexity index is 3460. The zero-order valence-corrected chi connectivity index (χ0v) is 33.1. The van der Waals surface area contributed by atoms with E-state index in [2.05, 4.69) is 223 Å². The van der Waals surface area contributed by atoms with Crippen LogP contribution in [-0.4, -0.2) is 9.55 Å². The van der Waals surface area contributed by atoms with Gasteiger partial charge in [-0.15, -0.1) is 0 Å². The Morgan fingerprint density at radius 3 is 1.69 bits per heavy atom. The number of ether oxygens (including phenoxy) is 1. The maximum atomic E-state index is 6.97. The Hall–Kier alpha value is -8.01. The van der Waals surface area contributed by atoms with Crippen LogP contribution in [-0.2, 0) is 5.41 Å². The maximum Gasteiger partial charge on any atom is 0.133 e. The lowest BCUT2D eigenvalue weighted by Gasteiger charge is -2.39. The molecule has 0 unspecified atom stereocenters. The number of hydrogen-bond donors (Lipinski definition) is 0. The fourth-order valence-corrected chi connectivity index (χ4v) is 10.5. The molecule has 0 radical (unpaired) electrons. The first-order valence-electron chi connectivity index (χ1n) is 21.0. The number of pyridine rings is 1. The van der Waals surface area contributed by atoms with Gasteiger partial charge in [-0.05, 0) is 81.2 Å². The standard InChI is InChI=1S/C58H36N2O/c1-3-17-37(18-4-1)39-33-51(38-19-5-2-6-20-38)59-52(34-39)43-31-32-54(44-24-8-7-21-40(43)44)60-53-29-15-11-25-45(53)46-35-57-50(36-55(46)60)58(49-28-14-16-30-56(49)61-57)47-26-12-9-22-41(47)42-23-10-13-27-48(42)58/h1-36H. The number of fused-ring (bicyclic) bond motifs is 13. The summed E-state index contributed by atoms with van der Waals surface area (Å²) in [5.74, 6) is 1.78. The zero-order chi connectivity index (χ0) is 40.1. The van der Waals surface area contributed by atoms with Crippen LogP contribution in [0.2, 0.25) is 0 Å². The Kier molecular flexibility index (Phi) is 7.22. The lowest BCUT2D eigenvalue weighted by Crippen LogP contribution is -2.32. The van der Waals surface area contributed by atoms with E-state index in [1.165, 1.54) is 27.6 Å². The molecular weight excluding hydrogens is 741 g/mol. The van der Waals surface area contributed by atoms with Crippen LogP contribution in [0.5, 0.6) is 11.5 Å². The quantitative estimate of drug-likeness (QED) is 0.178. The van der Waals surface area contributed by atoms with Gasteiger partial charge in [0.1, 0.15) is 11.5 Å². The SMILES string of the molecule is c1ccc(-c2cc(-c3ccccc3)nc(-c3ccc(-n4c5ccccc5c5cc6c(cc54)C4(c5ccccc5O6)c5ccccc5-c5ccccc54)c4ccccc34)c2)cc1. The first-order chi connectivity index (χ1) is 30.3. The lowest BCUT2D eigenvalue weighted by atomic mass is 9.66. The van der Waals surface area contributed by atoms with Crippen molar-refractivity contribution in [1.29, 1.82) is 0 Å². The minimum Gasteiger partial charge on any atom is -0.457 e. The molecule has 3 nitrogen and oxygen atoms in total. The first kappa shape index (κ1) is 33.9. The molecule has 0 saturated heterocycles. The average Bonchev–Trinajstić information content (AvgIpc) is 3.81. The van der Waals surface area contributed by atoms with Gasteiger partial charge in [0.05, 0.1) is 33.5 Å². The molecule has 1 spiro atoms. The van der Waals surface area contributed by atoms with Crippen molar-refractivity contribution in [3.8, 4) is 62.0 Å². The Morgan fingerprint density at radius 2 is 0.934 bits per heavy atom. The van der Waals surface area contributed by atoms with Crippen molar-refractivity contribution in [1.82, 2.24) is 9.55 Å². The summed E-state index contributed by atoms with van der Waals surface area (Å²) in [4.78, 5) is 5.37. The molecule has 284 valence electrons. The van der Waals surface area contributed by atoms with Gasteiger partial charge in [-0.2, -0.15) is 0 Å². The van der Waals surface area contributed by atoms with E-state index >= 15 is 0 Å². The minimum atomic E-state index is -0.565. The van der Waals surface area contributed by atoms with E-state index in [1.807, 2.05) is 0 Å². The summed E-state index contributed by atoms with van der Waals surface area (Å²) in [6.07, 6.45) is 0. The van der Waals surface area contributed by atoms with Gasteiger partial charge in [0, 0.05) is 38.4 Å². The van der Waals surface area contributed by atoms with E-state index in [0.717, 1.165) is 89.1 Å². The van der Waals surface area contributed by atoms with Gasteiger partial charge in [0.2, 0.25) is 0 Å². The third-order valence-electron chi connectivity index (χ3n) is 13.1. The summed E-state index contributed by atoms with van der Waals surface area (Å²) >= 11 is 0. The predicted molar refractivity (Wildman–Crippen MR) is 250 cm³/mol. The van der Waals surface area contributed by atoms with Crippen LogP contribution in [0.25, 0.3) is 83.0 Å². The smallest absolute Gasteiger partial charge is 0.133 e. The van der Waals surface area contributed by atoms with Crippen molar-refractivity contribution >= 4 is 32.6 Å². The monoisotopic (exact) mass is 776 g/mol. The molecule has 0 amide bonds. The molecule has 11 aromatic rings. The highest BCUT2D eigenvalue weighted by Crippen LogP contribution is 2.62. The molecule has 61 heavy (non-hydrogen) atoms. The molecule has 9 aromatic carbocycles. The van der Waals surface area contributed by atoms with Crippen LogP contribution in [0.4, 0.5) is 0 Å². The average molecular weight is 777 g/mol. The highest BCUT2D eigenvalue weighted by Gasteiger charge is 2.51. The summed E-state index contributed by atoms with van der Waals surface area (Å²) in [6, 6.07) is 78.9. The van der Waals surface area contributed by atoms with Crippen molar-refractivity contribution in [3.63, 3.8) is 0 Å². The van der Waals surface area contributed by atoms with Crippen LogP contribution < -0.4 is 4.74 Å². The number of nitrogens with zero attached hydrogens (tertiary/aromatic N) is 2. The van der Waals surface area contributed by atoms with Crippen LogP contribution in [0.15, 0.2) is 218 Å². The van der Waals surface area contributed by atoms with Gasteiger partial charge in [0.25, 0.3) is 0 Å². The van der Waals surface area contributed by atoms with Crippen LogP contribution in [0.3, 0.4) is 0 Å². The largest absolute Gasteiger partial charge is 0.457 e. The Labute approximate surface area is 353 Å². The second kappa shape index (κ2) is 13.0. The number of para-hydroxylation sites is 2. The molecule has 0 bridgehead atoms. The molecule has 0 N–H and O–H groups in total. The number of aromatic nitrogens is 2. The van der Waals surface area contributed by atoms with Gasteiger partial charge >= 0.3 is 0 Å². The summed E-state index contributed by atoms with van der Waals surface area (Å²) in [5, 5.41) is 4.64. The van der Waals surface area contributed by atoms with Gasteiger partial charge < -0.3 is 9.30 Å². The molecule has 13 rings (SSSR count). The molecule has 1 aliphatic carbocycles. The van der Waals surface area contributed by atoms with Crippen molar-refractivity contribution in [2.24, 2.45) is 0 Å². The maximum absolute atomic E-state index is 6.97. The van der Waals surface area contributed by atoms with Crippen LogP contribution in [0, 0.1) is 0 Å². The summed E-state index contributed by atoms with van der Waals surface area (Å²) < 4.78 is 9.44. The third kappa shape index (κ3) is 4.83. The predicted octanol–water partition coefficient (Wildman–Crippen LogP) is 14.8. The Morgan fingerprint density at radius 1 is 0.344 bits per heavy atom. The molecule has 3 heteroatoms. The van der Waals surface area contributed by atoms with E-state index in [1.54, 1.807) is 0 Å². The third-order valence-corrected chi connectivity index (χ3v) is 13.1. The van der Waals surface area contributed by atoms with Gasteiger partial charge in [-0.3, -0.25) is 0 Å². The van der Waals surface area contributed by atoms with Crippen LogP contribution >= 0.6 is 0 Å². The number of benzene rings is 9. The highest BCUT2D eigenvalue weighted by atomic mass is 16.5. The summed E-state index contributed by atoms with van der Waals surface area (Å²) in [7, 11) is 0. The van der Waals surface area contributed by atoms with E-state index in [4.69, 9.17) is 9.72 Å². The zero-order valence-electron chi connectivity index (χ0n) is 33.1. The molecule has 0 fully saturated rings. The van der Waals surface area contributed by atoms with Gasteiger partial charge in [0.15, 0.2) is 0 Å². The van der Waals surface area contributed by atoms with E-state index in [0.29, 0.717) is 0 Å². The summed E-state index contributed by atoms with van der Waals surface area (Å²) in [5.41, 5.74) is 16.6. The summed E-state index contributed by atoms with van der Waals surface area (Å²) in [6.45, 7) is 0. The second-order valence-corrected chi connectivity index (χ2v) is 16.2. The van der Waals surface area contributed by atoms with E-state index in [-0.39, 0.29) is 0 Å². The number of hydrogen-bond acceptors (Lipinski definition) is 2. The van der Waals surface area contributed by atoms with Crippen molar-refractivity contribution in [2.45, 2.75) is 5.41 Å². The highest BCUT2D eigenvalue weighted by molar-refractivity contribution is 6.13. The fraction of sp³-hybridized carbons (Fsp3) is 0.0172. The van der Waals surface area contributed by atoms with Gasteiger partial charge in [-0.25, -0.2) is 4.98 Å². The van der Waals surface area contributed by atoms with Crippen molar-refractivity contribution < 1.29 is 4.74 Å².